The van der Waals surface area contributed by atoms with Crippen molar-refractivity contribution in [3.05, 3.63) is 28.2 Å². The third-order valence-corrected chi connectivity index (χ3v) is 2.25. The molecule has 1 aromatic rings. The SMILES string of the molecule is C[C@H](N)c1cc(Br)ccc1OCC#N. The van der Waals surface area contributed by atoms with E-state index in [-0.39, 0.29) is 12.6 Å². The Bertz CT molecular complexity index is 358. The highest BCUT2D eigenvalue weighted by molar-refractivity contribution is 9.10. The van der Waals surface area contributed by atoms with Gasteiger partial charge in [0.1, 0.15) is 11.8 Å². The van der Waals surface area contributed by atoms with Crippen LogP contribution in [0.4, 0.5) is 0 Å². The fourth-order valence-electron chi connectivity index (χ4n) is 1.12. The molecule has 0 heterocycles. The minimum atomic E-state index is -0.110. The molecule has 74 valence electrons. The van der Waals surface area contributed by atoms with Crippen LogP contribution >= 0.6 is 15.9 Å². The maximum atomic E-state index is 8.40. The highest BCUT2D eigenvalue weighted by Crippen LogP contribution is 2.27. The number of rotatable bonds is 3. The van der Waals surface area contributed by atoms with Crippen LogP contribution < -0.4 is 10.5 Å². The highest BCUT2D eigenvalue weighted by atomic mass is 79.9. The molecule has 0 fully saturated rings. The van der Waals surface area contributed by atoms with E-state index in [0.717, 1.165) is 10.0 Å². The second-order valence-electron chi connectivity index (χ2n) is 2.92. The number of hydrogen-bond donors (Lipinski definition) is 1. The molecule has 4 heteroatoms. The fourth-order valence-corrected chi connectivity index (χ4v) is 1.50. The molecule has 0 radical (unpaired) electrons. The zero-order chi connectivity index (χ0) is 10.6. The third-order valence-electron chi connectivity index (χ3n) is 1.75. The van der Waals surface area contributed by atoms with E-state index in [4.69, 9.17) is 15.7 Å². The lowest BCUT2D eigenvalue weighted by molar-refractivity contribution is 0.362. The van der Waals surface area contributed by atoms with Crippen LogP contribution in [0.3, 0.4) is 0 Å². The molecule has 14 heavy (non-hydrogen) atoms. The Labute approximate surface area is 91.6 Å². The molecule has 0 amide bonds. The summed E-state index contributed by atoms with van der Waals surface area (Å²) in [4.78, 5) is 0. The van der Waals surface area contributed by atoms with E-state index < -0.39 is 0 Å². The van der Waals surface area contributed by atoms with Crippen molar-refractivity contribution in [2.45, 2.75) is 13.0 Å². The first kappa shape index (κ1) is 11.0. The summed E-state index contributed by atoms with van der Waals surface area (Å²) in [6.07, 6.45) is 0. The number of ether oxygens (including phenoxy) is 1. The molecule has 0 aliphatic heterocycles. The molecular formula is C10H11BrN2O. The lowest BCUT2D eigenvalue weighted by Crippen LogP contribution is -2.08. The number of nitriles is 1. The fraction of sp³-hybridized carbons (Fsp3) is 0.300. The molecule has 0 aromatic heterocycles. The van der Waals surface area contributed by atoms with Crippen LogP contribution in [0.1, 0.15) is 18.5 Å². The summed E-state index contributed by atoms with van der Waals surface area (Å²) >= 11 is 3.36. The van der Waals surface area contributed by atoms with Gasteiger partial charge in [-0.3, -0.25) is 0 Å². The van der Waals surface area contributed by atoms with Crippen molar-refractivity contribution in [1.82, 2.24) is 0 Å². The maximum absolute atomic E-state index is 8.40. The second-order valence-corrected chi connectivity index (χ2v) is 3.83. The summed E-state index contributed by atoms with van der Waals surface area (Å²) in [5.41, 5.74) is 6.67. The summed E-state index contributed by atoms with van der Waals surface area (Å²) < 4.78 is 6.19. The largest absolute Gasteiger partial charge is 0.478 e. The molecule has 0 saturated heterocycles. The Morgan fingerprint density at radius 1 is 1.64 bits per heavy atom. The van der Waals surface area contributed by atoms with Crippen LogP contribution in [0.15, 0.2) is 22.7 Å². The lowest BCUT2D eigenvalue weighted by Gasteiger charge is -2.12. The van der Waals surface area contributed by atoms with Crippen molar-refractivity contribution < 1.29 is 4.74 Å². The highest BCUT2D eigenvalue weighted by Gasteiger charge is 2.08. The van der Waals surface area contributed by atoms with Crippen LogP contribution in [-0.2, 0) is 0 Å². The van der Waals surface area contributed by atoms with Crippen LogP contribution in [-0.4, -0.2) is 6.61 Å². The first-order valence-corrected chi connectivity index (χ1v) is 4.99. The predicted octanol–water partition coefficient (Wildman–Crippen LogP) is 2.37. The van der Waals surface area contributed by atoms with Crippen LogP contribution in [0.2, 0.25) is 0 Å². The van der Waals surface area contributed by atoms with E-state index in [1.165, 1.54) is 0 Å². The van der Waals surface area contributed by atoms with Crippen molar-refractivity contribution >= 4 is 15.9 Å². The molecule has 0 spiro atoms. The van der Waals surface area contributed by atoms with Gasteiger partial charge in [-0.1, -0.05) is 15.9 Å². The zero-order valence-electron chi connectivity index (χ0n) is 7.83. The zero-order valence-corrected chi connectivity index (χ0v) is 9.41. The monoisotopic (exact) mass is 254 g/mol. The Morgan fingerprint density at radius 2 is 2.36 bits per heavy atom. The van der Waals surface area contributed by atoms with Crippen molar-refractivity contribution in [2.75, 3.05) is 6.61 Å². The molecule has 0 aliphatic rings. The lowest BCUT2D eigenvalue weighted by atomic mass is 10.1. The summed E-state index contributed by atoms with van der Waals surface area (Å²) in [7, 11) is 0. The number of hydrogen-bond acceptors (Lipinski definition) is 3. The third kappa shape index (κ3) is 2.72. The van der Waals surface area contributed by atoms with Gasteiger partial charge in [0.05, 0.1) is 0 Å². The number of nitrogens with two attached hydrogens (primary N) is 1. The normalized spacial score (nSPS) is 11.9. The standard InChI is InChI=1S/C10H11BrN2O/c1-7(13)9-6-8(11)2-3-10(9)14-5-4-12/h2-3,6-7H,5,13H2,1H3/t7-/m0/s1. The summed E-state index contributed by atoms with van der Waals surface area (Å²) in [5.74, 6) is 0.671. The van der Waals surface area contributed by atoms with E-state index >= 15 is 0 Å². The first-order valence-electron chi connectivity index (χ1n) is 4.20. The van der Waals surface area contributed by atoms with Crippen LogP contribution in [0.25, 0.3) is 0 Å². The van der Waals surface area contributed by atoms with Gasteiger partial charge in [0.2, 0.25) is 0 Å². The Morgan fingerprint density at radius 3 is 2.93 bits per heavy atom. The van der Waals surface area contributed by atoms with Crippen LogP contribution in [0, 0.1) is 11.3 Å². The van der Waals surface area contributed by atoms with Gasteiger partial charge >= 0.3 is 0 Å². The molecule has 0 bridgehead atoms. The molecular weight excluding hydrogens is 244 g/mol. The van der Waals surface area contributed by atoms with E-state index in [9.17, 15) is 0 Å². The number of halogens is 1. The van der Waals surface area contributed by atoms with Gasteiger partial charge in [-0.15, -0.1) is 0 Å². The van der Waals surface area contributed by atoms with E-state index in [2.05, 4.69) is 15.9 Å². The van der Waals surface area contributed by atoms with Gasteiger partial charge in [-0.25, -0.2) is 0 Å². The van der Waals surface area contributed by atoms with Crippen molar-refractivity contribution in [3.8, 4) is 11.8 Å². The topological polar surface area (TPSA) is 59.0 Å². The maximum Gasteiger partial charge on any atom is 0.174 e. The number of benzene rings is 1. The minimum absolute atomic E-state index is 0.0430. The molecule has 0 saturated carbocycles. The van der Waals surface area contributed by atoms with Gasteiger partial charge in [0, 0.05) is 16.1 Å². The molecule has 1 atom stereocenters. The molecule has 0 unspecified atom stereocenters. The van der Waals surface area contributed by atoms with Crippen molar-refractivity contribution in [1.29, 1.82) is 5.26 Å². The molecule has 1 aromatic carbocycles. The number of nitrogens with zero attached hydrogens (tertiary/aromatic N) is 1. The van der Waals surface area contributed by atoms with Gasteiger partial charge < -0.3 is 10.5 Å². The Kier molecular flexibility index (Phi) is 3.93. The summed E-state index contributed by atoms with van der Waals surface area (Å²) in [6, 6.07) is 7.38. The summed E-state index contributed by atoms with van der Waals surface area (Å²) in [5, 5.41) is 8.40. The van der Waals surface area contributed by atoms with E-state index in [0.29, 0.717) is 5.75 Å². The average Bonchev–Trinajstić information content (AvgIpc) is 2.15. The smallest absolute Gasteiger partial charge is 0.174 e. The van der Waals surface area contributed by atoms with Gasteiger partial charge in [-0.05, 0) is 25.1 Å². The van der Waals surface area contributed by atoms with Gasteiger partial charge in [0.25, 0.3) is 0 Å². The van der Waals surface area contributed by atoms with Crippen LogP contribution in [0.5, 0.6) is 5.75 Å². The quantitative estimate of drug-likeness (QED) is 0.901. The average molecular weight is 255 g/mol. The van der Waals surface area contributed by atoms with Crippen molar-refractivity contribution in [3.63, 3.8) is 0 Å². The van der Waals surface area contributed by atoms with Gasteiger partial charge in [0.15, 0.2) is 6.61 Å². The first-order chi connectivity index (χ1) is 6.65. The van der Waals surface area contributed by atoms with Crippen molar-refractivity contribution in [2.24, 2.45) is 5.73 Å². The molecule has 1 rings (SSSR count). The Hall–Kier alpha value is -1.05. The second kappa shape index (κ2) is 4.99. The van der Waals surface area contributed by atoms with Gasteiger partial charge in [-0.2, -0.15) is 5.26 Å². The van der Waals surface area contributed by atoms with E-state index in [1.54, 1.807) is 6.07 Å². The molecule has 2 N–H and O–H groups in total. The minimum Gasteiger partial charge on any atom is -0.478 e. The molecule has 0 aliphatic carbocycles. The van der Waals surface area contributed by atoms with E-state index in [1.807, 2.05) is 25.1 Å². The predicted molar refractivity (Wildman–Crippen MR) is 57.9 cm³/mol. The Balaban J connectivity index is 2.97. The molecule has 3 nitrogen and oxygen atoms in total. The summed E-state index contributed by atoms with van der Waals surface area (Å²) in [6.45, 7) is 1.92.